The molecule has 2 aliphatic rings. The van der Waals surface area contributed by atoms with Gasteiger partial charge in [-0.2, -0.15) is 0 Å². The first-order valence-corrected chi connectivity index (χ1v) is 12.1. The molecule has 0 spiro atoms. The molecule has 2 aliphatic heterocycles. The van der Waals surface area contributed by atoms with E-state index in [0.29, 0.717) is 13.2 Å². The van der Waals surface area contributed by atoms with Crippen molar-refractivity contribution in [2.45, 2.75) is 56.6 Å². The molecule has 2 saturated heterocycles. The minimum absolute atomic E-state index is 0.332. The fourth-order valence-electron chi connectivity index (χ4n) is 4.05. The van der Waals surface area contributed by atoms with Crippen LogP contribution < -0.4 is 4.74 Å². The van der Waals surface area contributed by atoms with Gasteiger partial charge in [0.1, 0.15) is 29.5 Å². The van der Waals surface area contributed by atoms with Crippen molar-refractivity contribution in [1.82, 2.24) is 0 Å². The number of thioether (sulfide) groups is 1. The van der Waals surface area contributed by atoms with Gasteiger partial charge in [0, 0.05) is 12.5 Å². The van der Waals surface area contributed by atoms with E-state index in [0.717, 1.165) is 22.6 Å². The predicted molar refractivity (Wildman–Crippen MR) is 124 cm³/mol. The second kappa shape index (κ2) is 11.4. The summed E-state index contributed by atoms with van der Waals surface area (Å²) in [5.74, 6) is 1.20. The number of esters is 1. The molecule has 0 amide bonds. The molecule has 0 aromatic heterocycles. The van der Waals surface area contributed by atoms with Gasteiger partial charge in [-0.3, -0.25) is 4.79 Å². The second-order valence-corrected chi connectivity index (χ2v) is 9.25. The van der Waals surface area contributed by atoms with Crippen LogP contribution in [0.1, 0.15) is 31.3 Å². The highest BCUT2D eigenvalue weighted by atomic mass is 32.2. The summed E-state index contributed by atoms with van der Waals surface area (Å²) in [6.45, 7) is 4.13. The lowest BCUT2D eigenvalue weighted by atomic mass is 9.98. The fourth-order valence-corrected chi connectivity index (χ4v) is 5.00. The first-order chi connectivity index (χ1) is 16.1. The Bertz CT molecular complexity index is 891. The van der Waals surface area contributed by atoms with Crippen molar-refractivity contribution in [3.63, 3.8) is 0 Å². The Morgan fingerprint density at radius 2 is 1.82 bits per heavy atom. The molecule has 7 nitrogen and oxygen atoms in total. The van der Waals surface area contributed by atoms with E-state index in [-0.39, 0.29) is 17.5 Å². The van der Waals surface area contributed by atoms with E-state index in [9.17, 15) is 4.79 Å². The fraction of sp³-hybridized carbons (Fsp3) is 0.480. The molecule has 0 aliphatic carbocycles. The highest BCUT2D eigenvalue weighted by Gasteiger charge is 2.52. The van der Waals surface area contributed by atoms with Crippen LogP contribution in [-0.2, 0) is 35.1 Å². The Morgan fingerprint density at radius 1 is 1.06 bits per heavy atom. The normalized spacial score (nSPS) is 29.2. The highest BCUT2D eigenvalue weighted by molar-refractivity contribution is 7.99. The van der Waals surface area contributed by atoms with Crippen molar-refractivity contribution < 1.29 is 33.2 Å². The summed E-state index contributed by atoms with van der Waals surface area (Å²) >= 11 is 1.58. The van der Waals surface area contributed by atoms with Crippen LogP contribution in [0.2, 0.25) is 0 Å². The van der Waals surface area contributed by atoms with Crippen LogP contribution in [-0.4, -0.2) is 55.3 Å². The third-order valence-corrected chi connectivity index (χ3v) is 6.63. The van der Waals surface area contributed by atoms with Crippen LogP contribution in [0.15, 0.2) is 54.6 Å². The van der Waals surface area contributed by atoms with Crippen molar-refractivity contribution in [1.29, 1.82) is 0 Å². The molecule has 0 radical (unpaired) electrons. The van der Waals surface area contributed by atoms with E-state index in [1.54, 1.807) is 18.9 Å². The van der Waals surface area contributed by atoms with E-state index in [1.165, 1.54) is 6.92 Å². The molecule has 2 fully saturated rings. The molecule has 0 bridgehead atoms. The van der Waals surface area contributed by atoms with Crippen LogP contribution in [0.3, 0.4) is 0 Å². The lowest BCUT2D eigenvalue weighted by Gasteiger charge is -2.48. The number of fused-ring (bicyclic) bond motifs is 1. The smallest absolute Gasteiger partial charge is 0.303 e. The van der Waals surface area contributed by atoms with Crippen LogP contribution in [0.25, 0.3) is 0 Å². The first-order valence-electron chi connectivity index (χ1n) is 11.1. The summed E-state index contributed by atoms with van der Waals surface area (Å²) in [5.41, 5.74) is 1.52. The molecule has 2 aromatic carbocycles. The average molecular weight is 475 g/mol. The maximum atomic E-state index is 12.0. The number of rotatable bonds is 8. The molecule has 4 rings (SSSR count). The molecular formula is C25H30O7S. The van der Waals surface area contributed by atoms with Crippen molar-refractivity contribution in [3.05, 3.63) is 65.7 Å². The second-order valence-electron chi connectivity index (χ2n) is 7.87. The molecule has 2 aromatic rings. The van der Waals surface area contributed by atoms with E-state index >= 15 is 0 Å². The van der Waals surface area contributed by atoms with Crippen LogP contribution in [0.5, 0.6) is 5.75 Å². The van der Waals surface area contributed by atoms with Gasteiger partial charge >= 0.3 is 5.97 Å². The molecule has 6 atom stereocenters. The van der Waals surface area contributed by atoms with Gasteiger partial charge in [-0.25, -0.2) is 0 Å². The third kappa shape index (κ3) is 5.88. The first kappa shape index (κ1) is 24.0. The number of methoxy groups -OCH3 is 1. The number of carbonyl (C=O) groups excluding carboxylic acids is 1. The minimum Gasteiger partial charge on any atom is -0.497 e. The third-order valence-electron chi connectivity index (χ3n) is 5.59. The van der Waals surface area contributed by atoms with Crippen LogP contribution in [0.4, 0.5) is 0 Å². The zero-order valence-electron chi connectivity index (χ0n) is 19.0. The quantitative estimate of drug-likeness (QED) is 0.530. The summed E-state index contributed by atoms with van der Waals surface area (Å²) < 4.78 is 36.0. The van der Waals surface area contributed by atoms with Crippen LogP contribution in [0, 0.1) is 0 Å². The van der Waals surface area contributed by atoms with Gasteiger partial charge in [0.2, 0.25) is 0 Å². The highest BCUT2D eigenvalue weighted by Crippen LogP contribution is 2.39. The van der Waals surface area contributed by atoms with Gasteiger partial charge in [0.15, 0.2) is 12.4 Å². The Hall–Kier alpha value is -2.10. The Kier molecular flexibility index (Phi) is 8.27. The molecule has 2 heterocycles. The Balaban J connectivity index is 1.57. The SMILES string of the molecule is CCS[C@@H]1OC2COC(c3ccccc3)O[C@H]2[C@H](OCc2ccc(OC)cc2)C1OC(C)=O. The molecule has 178 valence electrons. The summed E-state index contributed by atoms with van der Waals surface area (Å²) in [4.78, 5) is 12.0. The van der Waals surface area contributed by atoms with Crippen molar-refractivity contribution in [3.8, 4) is 5.75 Å². The number of carbonyl (C=O) groups is 1. The molecule has 8 heteroatoms. The average Bonchev–Trinajstić information content (AvgIpc) is 2.84. The molecule has 0 saturated carbocycles. The number of ether oxygens (including phenoxy) is 6. The zero-order valence-corrected chi connectivity index (χ0v) is 19.9. The van der Waals surface area contributed by atoms with Gasteiger partial charge < -0.3 is 28.4 Å². The Morgan fingerprint density at radius 3 is 2.48 bits per heavy atom. The summed E-state index contributed by atoms with van der Waals surface area (Å²) in [5, 5.41) is 0. The summed E-state index contributed by atoms with van der Waals surface area (Å²) in [7, 11) is 1.63. The number of hydrogen-bond donors (Lipinski definition) is 0. The van der Waals surface area contributed by atoms with Gasteiger partial charge in [-0.15, -0.1) is 11.8 Å². The van der Waals surface area contributed by atoms with Gasteiger partial charge in [0.05, 0.1) is 20.3 Å². The Labute approximate surface area is 198 Å². The topological polar surface area (TPSA) is 72.5 Å². The van der Waals surface area contributed by atoms with Gasteiger partial charge in [-0.1, -0.05) is 49.4 Å². The molecule has 33 heavy (non-hydrogen) atoms. The summed E-state index contributed by atoms with van der Waals surface area (Å²) in [6, 6.07) is 17.4. The number of hydrogen-bond acceptors (Lipinski definition) is 8. The number of benzene rings is 2. The molecule has 0 N–H and O–H groups in total. The van der Waals surface area contributed by atoms with E-state index < -0.39 is 24.6 Å². The molecular weight excluding hydrogens is 444 g/mol. The minimum atomic E-state index is -0.610. The van der Waals surface area contributed by atoms with E-state index in [1.807, 2.05) is 61.5 Å². The predicted octanol–water partition coefficient (Wildman–Crippen LogP) is 4.10. The monoisotopic (exact) mass is 474 g/mol. The zero-order chi connectivity index (χ0) is 23.2. The van der Waals surface area contributed by atoms with Crippen molar-refractivity contribution >= 4 is 17.7 Å². The van der Waals surface area contributed by atoms with E-state index in [4.69, 9.17) is 28.4 Å². The standard InChI is InChI=1S/C25H30O7S/c1-4-33-25-23(30-16(2)26)22(28-14-17-10-12-19(27-3)13-11-17)21-20(31-25)15-29-24(32-21)18-8-6-5-7-9-18/h5-13,20-25H,4,14-15H2,1-3H3/t20?,21-,22+,23?,24?,25+/m1/s1. The van der Waals surface area contributed by atoms with Crippen molar-refractivity contribution in [2.24, 2.45) is 0 Å². The molecule has 3 unspecified atom stereocenters. The van der Waals surface area contributed by atoms with Gasteiger partial charge in [-0.05, 0) is 23.4 Å². The maximum Gasteiger partial charge on any atom is 0.303 e. The maximum absolute atomic E-state index is 12.0. The summed E-state index contributed by atoms with van der Waals surface area (Å²) in [6.07, 6.45) is -2.46. The van der Waals surface area contributed by atoms with E-state index in [2.05, 4.69) is 0 Å². The van der Waals surface area contributed by atoms with Crippen molar-refractivity contribution in [2.75, 3.05) is 19.5 Å². The largest absolute Gasteiger partial charge is 0.497 e. The van der Waals surface area contributed by atoms with Crippen LogP contribution >= 0.6 is 11.8 Å². The lowest BCUT2D eigenvalue weighted by molar-refractivity contribution is -0.326. The van der Waals surface area contributed by atoms with Gasteiger partial charge in [0.25, 0.3) is 0 Å². The lowest BCUT2D eigenvalue weighted by Crippen LogP contribution is -2.62.